The molecule has 0 saturated carbocycles. The molecule has 0 radical (unpaired) electrons. The highest BCUT2D eigenvalue weighted by Crippen LogP contribution is 2.35. The summed E-state index contributed by atoms with van der Waals surface area (Å²) in [5, 5.41) is 2.97. The molecule has 0 aliphatic rings. The number of hydrogen-bond acceptors (Lipinski definition) is 2. The molecule has 0 fully saturated rings. The SMILES string of the molecule is CNC(CCC(F)(F)F)c1ccc(C(C)(C)C)s1. The zero-order chi connectivity index (χ0) is 14.0. The minimum absolute atomic E-state index is 0.0469. The van der Waals surface area contributed by atoms with Gasteiger partial charge in [-0.1, -0.05) is 20.8 Å². The Balaban J connectivity index is 2.74. The van der Waals surface area contributed by atoms with Crippen molar-refractivity contribution in [2.45, 2.75) is 51.2 Å². The lowest BCUT2D eigenvalue weighted by molar-refractivity contribution is -0.136. The third-order valence-corrected chi connectivity index (χ3v) is 4.40. The fourth-order valence-corrected chi connectivity index (χ4v) is 2.89. The fraction of sp³-hybridized carbons (Fsp3) is 0.692. The van der Waals surface area contributed by atoms with Crippen molar-refractivity contribution in [2.75, 3.05) is 7.05 Å². The molecule has 1 nitrogen and oxygen atoms in total. The van der Waals surface area contributed by atoms with E-state index in [0.29, 0.717) is 0 Å². The molecule has 0 aromatic carbocycles. The van der Waals surface area contributed by atoms with Crippen LogP contribution in [0.5, 0.6) is 0 Å². The predicted molar refractivity (Wildman–Crippen MR) is 70.1 cm³/mol. The average Bonchev–Trinajstić information content (AvgIpc) is 2.65. The van der Waals surface area contributed by atoms with Crippen LogP contribution in [-0.4, -0.2) is 13.2 Å². The van der Waals surface area contributed by atoms with Crippen LogP contribution in [-0.2, 0) is 5.41 Å². The van der Waals surface area contributed by atoms with Crippen molar-refractivity contribution < 1.29 is 13.2 Å². The molecule has 0 amide bonds. The molecule has 1 rings (SSSR count). The van der Waals surface area contributed by atoms with E-state index in [1.54, 1.807) is 18.4 Å². The first kappa shape index (κ1) is 15.5. The van der Waals surface area contributed by atoms with E-state index in [1.807, 2.05) is 12.1 Å². The lowest BCUT2D eigenvalue weighted by Gasteiger charge is -2.17. The molecule has 0 aliphatic carbocycles. The van der Waals surface area contributed by atoms with Crippen molar-refractivity contribution in [1.82, 2.24) is 5.32 Å². The van der Waals surface area contributed by atoms with Crippen molar-refractivity contribution in [2.24, 2.45) is 0 Å². The van der Waals surface area contributed by atoms with Gasteiger partial charge in [0, 0.05) is 22.2 Å². The lowest BCUT2D eigenvalue weighted by atomic mass is 9.95. The monoisotopic (exact) mass is 279 g/mol. The van der Waals surface area contributed by atoms with Gasteiger partial charge >= 0.3 is 6.18 Å². The molecule has 1 aromatic heterocycles. The van der Waals surface area contributed by atoms with E-state index >= 15 is 0 Å². The summed E-state index contributed by atoms with van der Waals surface area (Å²) in [5.41, 5.74) is 0.0469. The maximum Gasteiger partial charge on any atom is 0.389 e. The van der Waals surface area contributed by atoms with Gasteiger partial charge < -0.3 is 5.32 Å². The number of halogens is 3. The van der Waals surface area contributed by atoms with E-state index < -0.39 is 12.6 Å². The minimum atomic E-state index is -4.08. The Morgan fingerprint density at radius 3 is 2.22 bits per heavy atom. The summed E-state index contributed by atoms with van der Waals surface area (Å²) < 4.78 is 36.7. The third kappa shape index (κ3) is 4.61. The second-order valence-electron chi connectivity index (χ2n) is 5.45. The summed E-state index contributed by atoms with van der Waals surface area (Å²) in [4.78, 5) is 2.18. The first-order valence-corrected chi connectivity index (χ1v) is 6.79. The number of alkyl halides is 3. The largest absolute Gasteiger partial charge is 0.389 e. The van der Waals surface area contributed by atoms with Crippen molar-refractivity contribution in [1.29, 1.82) is 0 Å². The zero-order valence-corrected chi connectivity index (χ0v) is 12.0. The Labute approximate surface area is 110 Å². The Bertz CT molecular complexity index is 376. The molecule has 1 heterocycles. The van der Waals surface area contributed by atoms with Crippen LogP contribution >= 0.6 is 11.3 Å². The van der Waals surface area contributed by atoms with Gasteiger partial charge in [0.15, 0.2) is 0 Å². The molecular weight excluding hydrogens is 259 g/mol. The molecule has 1 aromatic rings. The van der Waals surface area contributed by atoms with Crippen LogP contribution in [0.25, 0.3) is 0 Å². The van der Waals surface area contributed by atoms with Crippen LogP contribution in [0.2, 0.25) is 0 Å². The predicted octanol–water partition coefficient (Wildman–Crippen LogP) is 4.65. The van der Waals surface area contributed by atoms with Gasteiger partial charge in [-0.25, -0.2) is 0 Å². The Hall–Kier alpha value is -0.550. The van der Waals surface area contributed by atoms with Crippen LogP contribution in [0, 0.1) is 0 Å². The van der Waals surface area contributed by atoms with Crippen molar-refractivity contribution >= 4 is 11.3 Å². The van der Waals surface area contributed by atoms with Crippen LogP contribution < -0.4 is 5.32 Å². The van der Waals surface area contributed by atoms with Gasteiger partial charge in [-0.05, 0) is 31.0 Å². The van der Waals surface area contributed by atoms with Gasteiger partial charge in [-0.15, -0.1) is 11.3 Å². The zero-order valence-electron chi connectivity index (χ0n) is 11.2. The first-order chi connectivity index (χ1) is 8.13. The van der Waals surface area contributed by atoms with Gasteiger partial charge in [0.1, 0.15) is 0 Å². The summed E-state index contributed by atoms with van der Waals surface area (Å²) in [7, 11) is 1.71. The van der Waals surface area contributed by atoms with E-state index in [2.05, 4.69) is 26.1 Å². The van der Waals surface area contributed by atoms with Crippen LogP contribution in [0.15, 0.2) is 12.1 Å². The number of hydrogen-bond donors (Lipinski definition) is 1. The Morgan fingerprint density at radius 2 is 1.83 bits per heavy atom. The normalized spacial score (nSPS) is 14.8. The van der Waals surface area contributed by atoms with Crippen LogP contribution in [0.4, 0.5) is 13.2 Å². The quantitative estimate of drug-likeness (QED) is 0.846. The molecule has 104 valence electrons. The molecule has 1 atom stereocenters. The minimum Gasteiger partial charge on any atom is -0.312 e. The van der Waals surface area contributed by atoms with Crippen LogP contribution in [0.1, 0.15) is 49.4 Å². The van der Waals surface area contributed by atoms with Gasteiger partial charge in [-0.2, -0.15) is 13.2 Å². The molecule has 1 N–H and O–H groups in total. The summed E-state index contributed by atoms with van der Waals surface area (Å²) >= 11 is 1.59. The second kappa shape index (κ2) is 5.61. The Morgan fingerprint density at radius 1 is 1.22 bits per heavy atom. The highest BCUT2D eigenvalue weighted by molar-refractivity contribution is 7.12. The van der Waals surface area contributed by atoms with Crippen molar-refractivity contribution in [3.8, 4) is 0 Å². The van der Waals surface area contributed by atoms with Gasteiger partial charge in [0.05, 0.1) is 0 Å². The summed E-state index contributed by atoms with van der Waals surface area (Å²) in [6, 6.07) is 3.73. The molecule has 0 spiro atoms. The van der Waals surface area contributed by atoms with E-state index in [4.69, 9.17) is 0 Å². The topological polar surface area (TPSA) is 12.0 Å². The maximum atomic E-state index is 12.2. The second-order valence-corrected chi connectivity index (χ2v) is 6.56. The molecule has 0 saturated heterocycles. The Kier molecular flexibility index (Phi) is 4.84. The van der Waals surface area contributed by atoms with E-state index in [0.717, 1.165) is 4.88 Å². The number of rotatable bonds is 4. The van der Waals surface area contributed by atoms with E-state index in [9.17, 15) is 13.2 Å². The number of nitrogens with one attached hydrogen (secondary N) is 1. The highest BCUT2D eigenvalue weighted by Gasteiger charge is 2.29. The van der Waals surface area contributed by atoms with Crippen molar-refractivity contribution in [3.63, 3.8) is 0 Å². The molecule has 0 bridgehead atoms. The third-order valence-electron chi connectivity index (χ3n) is 2.77. The van der Waals surface area contributed by atoms with Gasteiger partial charge in [-0.3, -0.25) is 0 Å². The fourth-order valence-electron chi connectivity index (χ4n) is 1.68. The summed E-state index contributed by atoms with van der Waals surface area (Å²) in [5.74, 6) is 0. The van der Waals surface area contributed by atoms with E-state index in [1.165, 1.54) is 4.88 Å². The van der Waals surface area contributed by atoms with Gasteiger partial charge in [0.2, 0.25) is 0 Å². The smallest absolute Gasteiger partial charge is 0.312 e. The van der Waals surface area contributed by atoms with E-state index in [-0.39, 0.29) is 17.9 Å². The lowest BCUT2D eigenvalue weighted by Crippen LogP contribution is -2.18. The van der Waals surface area contributed by atoms with Crippen molar-refractivity contribution in [3.05, 3.63) is 21.9 Å². The average molecular weight is 279 g/mol. The molecule has 5 heteroatoms. The highest BCUT2D eigenvalue weighted by atomic mass is 32.1. The molecule has 18 heavy (non-hydrogen) atoms. The molecule has 0 aliphatic heterocycles. The molecular formula is C13H20F3NS. The maximum absolute atomic E-state index is 12.2. The first-order valence-electron chi connectivity index (χ1n) is 5.98. The standard InChI is InChI=1S/C13H20F3NS/c1-12(2,3)11-6-5-10(18-11)9(17-4)7-8-13(14,15)16/h5-6,9,17H,7-8H2,1-4H3. The molecule has 1 unspecified atom stereocenters. The van der Waals surface area contributed by atoms with Crippen LogP contribution in [0.3, 0.4) is 0 Å². The number of thiophene rings is 1. The summed E-state index contributed by atoms with van der Waals surface area (Å²) in [6.07, 6.45) is -4.75. The van der Waals surface area contributed by atoms with Gasteiger partial charge in [0.25, 0.3) is 0 Å². The summed E-state index contributed by atoms with van der Waals surface area (Å²) in [6.45, 7) is 6.31.